The summed E-state index contributed by atoms with van der Waals surface area (Å²) in [6.45, 7) is 6.86. The highest BCUT2D eigenvalue weighted by Crippen LogP contribution is 2.39. The lowest BCUT2D eigenvalue weighted by Gasteiger charge is -2.27. The quantitative estimate of drug-likeness (QED) is 0.287. The van der Waals surface area contributed by atoms with Crippen molar-refractivity contribution in [1.29, 1.82) is 0 Å². The number of benzene rings is 1. The molecule has 2 atom stereocenters. The Bertz CT molecular complexity index is 753. The summed E-state index contributed by atoms with van der Waals surface area (Å²) in [5.41, 5.74) is 2.17. The van der Waals surface area contributed by atoms with Gasteiger partial charge in [0.25, 0.3) is 5.70 Å². The van der Waals surface area contributed by atoms with Crippen molar-refractivity contribution in [3.63, 3.8) is 0 Å². The van der Waals surface area contributed by atoms with Crippen molar-refractivity contribution < 1.29 is 14.5 Å². The van der Waals surface area contributed by atoms with E-state index >= 15 is 0 Å². The number of hydrogen-bond acceptors (Lipinski definition) is 6. The van der Waals surface area contributed by atoms with Crippen molar-refractivity contribution in [3.05, 3.63) is 68.2 Å². The zero-order chi connectivity index (χ0) is 18.0. The molecule has 0 spiro atoms. The van der Waals surface area contributed by atoms with Crippen LogP contribution >= 0.6 is 12.6 Å². The van der Waals surface area contributed by atoms with E-state index in [1.54, 1.807) is 26.8 Å². The fourth-order valence-corrected chi connectivity index (χ4v) is 2.98. The van der Waals surface area contributed by atoms with Gasteiger partial charge in [0.2, 0.25) is 0 Å². The van der Waals surface area contributed by atoms with Crippen LogP contribution in [0.2, 0.25) is 0 Å². The second kappa shape index (κ2) is 7.09. The topological polar surface area (TPSA) is 81.5 Å². The SMILES string of the molecule is CC1=C(C(=O)OC(C)S)C(c2cccc(C)c2)C([N+](=O)[O-])=C(C)N1. The molecule has 0 saturated heterocycles. The van der Waals surface area contributed by atoms with Crippen LogP contribution in [0.3, 0.4) is 0 Å². The van der Waals surface area contributed by atoms with E-state index in [1.807, 2.05) is 25.1 Å². The molecular formula is C17H20N2O4S. The van der Waals surface area contributed by atoms with Crippen molar-refractivity contribution >= 4 is 18.6 Å². The van der Waals surface area contributed by atoms with Crippen LogP contribution in [-0.2, 0) is 9.53 Å². The predicted molar refractivity (Wildman–Crippen MR) is 94.0 cm³/mol. The highest BCUT2D eigenvalue weighted by Gasteiger charge is 2.41. The van der Waals surface area contributed by atoms with E-state index < -0.39 is 22.2 Å². The fourth-order valence-electron chi connectivity index (χ4n) is 2.89. The van der Waals surface area contributed by atoms with Crippen LogP contribution in [0.5, 0.6) is 0 Å². The van der Waals surface area contributed by atoms with Crippen LogP contribution in [0.15, 0.2) is 46.9 Å². The molecule has 7 heteroatoms. The molecule has 24 heavy (non-hydrogen) atoms. The molecule has 0 saturated carbocycles. The normalized spacial score (nSPS) is 19.0. The van der Waals surface area contributed by atoms with E-state index in [4.69, 9.17) is 4.74 Å². The molecule has 0 radical (unpaired) electrons. The number of nitrogens with one attached hydrogen (secondary N) is 1. The van der Waals surface area contributed by atoms with Gasteiger partial charge in [0, 0.05) is 5.70 Å². The lowest BCUT2D eigenvalue weighted by atomic mass is 9.83. The second-order valence-electron chi connectivity index (χ2n) is 5.78. The highest BCUT2D eigenvalue weighted by molar-refractivity contribution is 7.80. The Balaban J connectivity index is 2.64. The van der Waals surface area contributed by atoms with Crippen LogP contribution in [0, 0.1) is 17.0 Å². The minimum Gasteiger partial charge on any atom is -0.448 e. The van der Waals surface area contributed by atoms with Gasteiger partial charge >= 0.3 is 5.97 Å². The Hall–Kier alpha value is -2.28. The molecule has 1 heterocycles. The van der Waals surface area contributed by atoms with Gasteiger partial charge in [0.1, 0.15) is 11.4 Å². The molecule has 0 bridgehead atoms. The molecule has 1 N–H and O–H groups in total. The Morgan fingerprint density at radius 1 is 1.33 bits per heavy atom. The first kappa shape index (κ1) is 18.1. The average molecular weight is 348 g/mol. The molecule has 6 nitrogen and oxygen atoms in total. The highest BCUT2D eigenvalue weighted by atomic mass is 32.1. The standard InChI is InChI=1S/C17H20N2O4S/c1-9-6-5-7-13(8-9)15-14(17(20)23-12(4)24)10(2)18-11(3)16(15)19(21)22/h5-8,12,15,18,24H,1-4H3. The van der Waals surface area contributed by atoms with Crippen LogP contribution < -0.4 is 5.32 Å². The maximum absolute atomic E-state index is 12.5. The maximum Gasteiger partial charge on any atom is 0.338 e. The van der Waals surface area contributed by atoms with Crippen LogP contribution in [0.25, 0.3) is 0 Å². The molecule has 1 aromatic rings. The second-order valence-corrected chi connectivity index (χ2v) is 6.51. The summed E-state index contributed by atoms with van der Waals surface area (Å²) in [7, 11) is 0. The van der Waals surface area contributed by atoms with E-state index in [2.05, 4.69) is 17.9 Å². The van der Waals surface area contributed by atoms with Gasteiger partial charge in [-0.3, -0.25) is 10.1 Å². The van der Waals surface area contributed by atoms with Gasteiger partial charge in [0.05, 0.1) is 16.2 Å². The number of aryl methyl sites for hydroxylation is 1. The van der Waals surface area contributed by atoms with Crippen LogP contribution in [0.4, 0.5) is 0 Å². The maximum atomic E-state index is 12.5. The third kappa shape index (κ3) is 3.62. The van der Waals surface area contributed by atoms with Gasteiger partial charge in [-0.2, -0.15) is 0 Å². The van der Waals surface area contributed by atoms with E-state index in [-0.39, 0.29) is 11.3 Å². The van der Waals surface area contributed by atoms with Gasteiger partial charge in [-0.15, -0.1) is 12.6 Å². The zero-order valence-corrected chi connectivity index (χ0v) is 14.9. The number of rotatable bonds is 4. The smallest absolute Gasteiger partial charge is 0.338 e. The molecule has 1 aromatic carbocycles. The number of thiol groups is 1. The summed E-state index contributed by atoms with van der Waals surface area (Å²) in [5.74, 6) is -1.40. The summed E-state index contributed by atoms with van der Waals surface area (Å²) in [6.07, 6.45) is 0. The summed E-state index contributed by atoms with van der Waals surface area (Å²) < 4.78 is 5.19. The number of esters is 1. The molecule has 1 aliphatic heterocycles. The molecule has 0 aromatic heterocycles. The number of dihydropyridines is 1. The zero-order valence-electron chi connectivity index (χ0n) is 14.0. The lowest BCUT2D eigenvalue weighted by Crippen LogP contribution is -2.32. The largest absolute Gasteiger partial charge is 0.448 e. The molecule has 1 aliphatic rings. The summed E-state index contributed by atoms with van der Waals surface area (Å²) in [4.78, 5) is 23.8. The lowest BCUT2D eigenvalue weighted by molar-refractivity contribution is -0.431. The summed E-state index contributed by atoms with van der Waals surface area (Å²) in [6, 6.07) is 7.35. The summed E-state index contributed by atoms with van der Waals surface area (Å²) in [5, 5.41) is 14.6. The van der Waals surface area contributed by atoms with Crippen molar-refractivity contribution in [3.8, 4) is 0 Å². The third-order valence-corrected chi connectivity index (χ3v) is 3.90. The van der Waals surface area contributed by atoms with Gasteiger partial charge in [-0.1, -0.05) is 29.8 Å². The van der Waals surface area contributed by atoms with E-state index in [9.17, 15) is 14.9 Å². The fraction of sp³-hybridized carbons (Fsp3) is 0.353. The Labute approximate surface area is 146 Å². The van der Waals surface area contributed by atoms with Crippen molar-refractivity contribution in [1.82, 2.24) is 5.32 Å². The first-order valence-electron chi connectivity index (χ1n) is 7.51. The molecule has 0 fully saturated rings. The van der Waals surface area contributed by atoms with Gasteiger partial charge in [0.15, 0.2) is 0 Å². The van der Waals surface area contributed by atoms with Crippen molar-refractivity contribution in [2.24, 2.45) is 0 Å². The number of nitro groups is 1. The van der Waals surface area contributed by atoms with Crippen molar-refractivity contribution in [2.75, 3.05) is 0 Å². The molecule has 0 amide bonds. The number of hydrogen-bond donors (Lipinski definition) is 2. The first-order chi connectivity index (χ1) is 11.2. The third-order valence-electron chi connectivity index (χ3n) is 3.79. The number of nitrogens with zero attached hydrogens (tertiary/aromatic N) is 1. The number of allylic oxidation sites excluding steroid dienone is 3. The van der Waals surface area contributed by atoms with E-state index in [0.717, 1.165) is 5.56 Å². The minimum atomic E-state index is -0.791. The van der Waals surface area contributed by atoms with Crippen LogP contribution in [0.1, 0.15) is 37.8 Å². The number of carbonyl (C=O) groups excluding carboxylic acids is 1. The average Bonchev–Trinajstić information content (AvgIpc) is 2.44. The molecular weight excluding hydrogens is 328 g/mol. The van der Waals surface area contributed by atoms with Crippen LogP contribution in [-0.4, -0.2) is 16.3 Å². The molecule has 2 rings (SSSR count). The predicted octanol–water partition coefficient (Wildman–Crippen LogP) is 3.28. The molecule has 128 valence electrons. The van der Waals surface area contributed by atoms with Gasteiger partial charge in [-0.05, 0) is 33.3 Å². The van der Waals surface area contributed by atoms with E-state index in [0.29, 0.717) is 17.0 Å². The Morgan fingerprint density at radius 2 is 2.00 bits per heavy atom. The molecule has 0 aliphatic carbocycles. The minimum absolute atomic E-state index is 0.0510. The van der Waals surface area contributed by atoms with Gasteiger partial charge < -0.3 is 10.1 Å². The Morgan fingerprint density at radius 3 is 2.54 bits per heavy atom. The number of ether oxygens (including phenoxy) is 1. The molecule has 2 unspecified atom stereocenters. The summed E-state index contributed by atoms with van der Waals surface area (Å²) >= 11 is 4.07. The van der Waals surface area contributed by atoms with E-state index in [1.165, 1.54) is 0 Å². The number of carbonyl (C=O) groups is 1. The van der Waals surface area contributed by atoms with Gasteiger partial charge in [-0.25, -0.2) is 4.79 Å². The monoisotopic (exact) mass is 348 g/mol. The Kier molecular flexibility index (Phi) is 5.33. The first-order valence-corrected chi connectivity index (χ1v) is 8.02. The van der Waals surface area contributed by atoms with Crippen molar-refractivity contribution in [2.45, 2.75) is 39.0 Å².